The van der Waals surface area contributed by atoms with Gasteiger partial charge in [0, 0.05) is 17.1 Å². The van der Waals surface area contributed by atoms with E-state index in [0.29, 0.717) is 34.9 Å². The van der Waals surface area contributed by atoms with Crippen molar-refractivity contribution in [3.63, 3.8) is 0 Å². The Bertz CT molecular complexity index is 1450. The standard InChI is InChI=1S/C29H30ClNO8S2/c1-2-29(39-28(35)37-11-13-41-40-12-10-36-27(30)34)23-15-24-21-9-5-8-18-6-3-4-7-19(18)14-20(21)16-31(24)25(32)22(23)17-38-26(29)33/h3-4,6-7,9,14-15,27,34H,2,5,8,10-13,16-17H2,1H3/b20-14-,21-9+/t27?,29-/m0/s1. The summed E-state index contributed by atoms with van der Waals surface area (Å²) in [4.78, 5) is 39.6. The summed E-state index contributed by atoms with van der Waals surface area (Å²) < 4.78 is 22.9. The quantitative estimate of drug-likeness (QED) is 0.128. The number of cyclic esters (lactones) is 1. The molecule has 1 aromatic carbocycles. The lowest BCUT2D eigenvalue weighted by Gasteiger charge is -2.35. The van der Waals surface area contributed by atoms with E-state index in [2.05, 4.69) is 24.3 Å². The number of carbonyl (C=O) groups excluding carboxylic acids is 2. The predicted octanol–water partition coefficient (Wildman–Crippen LogP) is 5.00. The first-order valence-corrected chi connectivity index (χ1v) is 16.2. The molecule has 1 aromatic heterocycles. The Kier molecular flexibility index (Phi) is 9.50. The lowest BCUT2D eigenvalue weighted by Crippen LogP contribution is -2.47. The number of rotatable bonds is 10. The number of alkyl halides is 1. The first-order chi connectivity index (χ1) is 19.8. The predicted molar refractivity (Wildman–Crippen MR) is 158 cm³/mol. The third-order valence-electron chi connectivity index (χ3n) is 7.26. The molecule has 2 aliphatic heterocycles. The van der Waals surface area contributed by atoms with Crippen LogP contribution < -0.4 is 5.56 Å². The van der Waals surface area contributed by atoms with Crippen LogP contribution in [0.3, 0.4) is 0 Å². The van der Waals surface area contributed by atoms with Gasteiger partial charge in [-0.25, -0.2) is 9.59 Å². The van der Waals surface area contributed by atoms with Gasteiger partial charge in [-0.1, -0.05) is 70.5 Å². The fourth-order valence-electron chi connectivity index (χ4n) is 5.31. The zero-order valence-corrected chi connectivity index (χ0v) is 24.8. The van der Waals surface area contributed by atoms with Crippen molar-refractivity contribution in [1.82, 2.24) is 4.57 Å². The summed E-state index contributed by atoms with van der Waals surface area (Å²) in [6.45, 7) is 2.25. The van der Waals surface area contributed by atoms with Crippen LogP contribution in [0.1, 0.15) is 47.7 Å². The molecule has 2 aromatic rings. The molecule has 41 heavy (non-hydrogen) atoms. The van der Waals surface area contributed by atoms with Crippen LogP contribution in [0, 0.1) is 0 Å². The van der Waals surface area contributed by atoms with Crippen molar-refractivity contribution < 1.29 is 33.6 Å². The fourth-order valence-corrected chi connectivity index (χ4v) is 7.06. The Morgan fingerprint density at radius 3 is 2.78 bits per heavy atom. The van der Waals surface area contributed by atoms with Crippen molar-refractivity contribution in [1.29, 1.82) is 0 Å². The van der Waals surface area contributed by atoms with E-state index in [9.17, 15) is 14.4 Å². The summed E-state index contributed by atoms with van der Waals surface area (Å²) in [6.07, 6.45) is 4.99. The monoisotopic (exact) mass is 619 g/mol. The van der Waals surface area contributed by atoms with Gasteiger partial charge in [-0.2, -0.15) is 0 Å². The van der Waals surface area contributed by atoms with E-state index >= 15 is 0 Å². The van der Waals surface area contributed by atoms with Crippen LogP contribution in [0.2, 0.25) is 0 Å². The Labute approximate surface area is 250 Å². The molecule has 3 heterocycles. The van der Waals surface area contributed by atoms with Crippen molar-refractivity contribution in [3.05, 3.63) is 80.3 Å². The minimum Gasteiger partial charge on any atom is -0.457 e. The highest BCUT2D eigenvalue weighted by atomic mass is 35.5. The van der Waals surface area contributed by atoms with Crippen LogP contribution in [0.4, 0.5) is 4.79 Å². The van der Waals surface area contributed by atoms with Gasteiger partial charge in [-0.05, 0) is 53.7 Å². The number of benzene rings is 1. The van der Waals surface area contributed by atoms with E-state index in [4.69, 9.17) is 35.7 Å². The van der Waals surface area contributed by atoms with E-state index < -0.39 is 23.5 Å². The largest absolute Gasteiger partial charge is 0.509 e. The molecule has 9 nitrogen and oxygen atoms in total. The summed E-state index contributed by atoms with van der Waals surface area (Å²) in [7, 11) is 2.91. The number of halogens is 1. The van der Waals surface area contributed by atoms with Gasteiger partial charge in [0.25, 0.3) is 5.56 Å². The molecule has 218 valence electrons. The molecular formula is C29H30ClNO8S2. The van der Waals surface area contributed by atoms with Gasteiger partial charge in [0.15, 0.2) is 0 Å². The number of carbonyl (C=O) groups is 2. The Morgan fingerprint density at radius 2 is 2.00 bits per heavy atom. The van der Waals surface area contributed by atoms with Crippen molar-refractivity contribution in [2.75, 3.05) is 24.7 Å². The van der Waals surface area contributed by atoms with Gasteiger partial charge in [0.1, 0.15) is 13.2 Å². The summed E-state index contributed by atoms with van der Waals surface area (Å²) in [5.74, 6) is -1.01. The van der Waals surface area contributed by atoms with E-state index in [1.807, 2.05) is 12.1 Å². The van der Waals surface area contributed by atoms with Gasteiger partial charge in [-0.15, -0.1) is 0 Å². The molecule has 0 spiro atoms. The highest BCUT2D eigenvalue weighted by Gasteiger charge is 2.51. The third-order valence-corrected chi connectivity index (χ3v) is 9.72. The van der Waals surface area contributed by atoms with Gasteiger partial charge < -0.3 is 28.6 Å². The number of allylic oxidation sites excluding steroid dienone is 3. The lowest BCUT2D eigenvalue weighted by atomic mass is 9.85. The number of fused-ring (bicyclic) bond motifs is 5. The zero-order chi connectivity index (χ0) is 29.0. The van der Waals surface area contributed by atoms with Crippen LogP contribution >= 0.6 is 33.2 Å². The molecule has 3 aliphatic rings. The number of aliphatic hydroxyl groups is 1. The van der Waals surface area contributed by atoms with Crippen molar-refractivity contribution >= 4 is 57.0 Å². The lowest BCUT2D eigenvalue weighted by molar-refractivity contribution is -0.175. The maximum atomic E-state index is 13.7. The molecule has 0 fully saturated rings. The first kappa shape index (κ1) is 29.8. The first-order valence-electron chi connectivity index (χ1n) is 13.3. The second-order valence-corrected chi connectivity index (χ2v) is 12.7. The molecule has 1 unspecified atom stereocenters. The summed E-state index contributed by atoms with van der Waals surface area (Å²) in [5.41, 5.74) is 3.65. The summed E-state index contributed by atoms with van der Waals surface area (Å²) >= 11 is 5.31. The maximum Gasteiger partial charge on any atom is 0.509 e. The van der Waals surface area contributed by atoms with Crippen LogP contribution in [0.5, 0.6) is 0 Å². The van der Waals surface area contributed by atoms with Crippen LogP contribution in [-0.4, -0.2) is 52.3 Å². The van der Waals surface area contributed by atoms with Gasteiger partial charge in [-0.3, -0.25) is 4.79 Å². The molecule has 1 N–H and O–H groups in total. The Balaban J connectivity index is 1.35. The van der Waals surface area contributed by atoms with Crippen molar-refractivity contribution in [2.45, 2.75) is 50.7 Å². The number of ether oxygens (including phenoxy) is 4. The molecular weight excluding hydrogens is 590 g/mol. The molecule has 12 heteroatoms. The van der Waals surface area contributed by atoms with E-state index in [-0.39, 0.29) is 31.8 Å². The second-order valence-electron chi connectivity index (χ2n) is 9.60. The molecule has 1 aliphatic carbocycles. The smallest absolute Gasteiger partial charge is 0.457 e. The van der Waals surface area contributed by atoms with E-state index in [1.54, 1.807) is 17.6 Å². The topological polar surface area (TPSA) is 113 Å². The van der Waals surface area contributed by atoms with Crippen LogP contribution in [-0.2, 0) is 48.9 Å². The maximum absolute atomic E-state index is 13.7. The molecule has 5 rings (SSSR count). The average Bonchev–Trinajstić information content (AvgIpc) is 3.27. The number of aryl methyl sites for hydroxylation is 1. The van der Waals surface area contributed by atoms with Crippen molar-refractivity contribution in [3.8, 4) is 0 Å². The average molecular weight is 620 g/mol. The third kappa shape index (κ3) is 6.24. The zero-order valence-electron chi connectivity index (χ0n) is 22.4. The molecule has 0 radical (unpaired) electrons. The SMILES string of the molecule is CC[C@@]1(OC(=O)OCCSSCCOC(O)Cl)C(=O)OCc2c1cc1n(c2=O)CC2=C/c3ccccc3CC/C=C\21. The van der Waals surface area contributed by atoms with Crippen LogP contribution in [0.15, 0.2) is 46.8 Å². The van der Waals surface area contributed by atoms with Crippen LogP contribution in [0.25, 0.3) is 11.6 Å². The molecule has 0 saturated carbocycles. The number of pyridine rings is 1. The summed E-state index contributed by atoms with van der Waals surface area (Å²) in [5, 5.41) is 8.88. The highest BCUT2D eigenvalue weighted by molar-refractivity contribution is 8.76. The number of nitrogens with zero attached hydrogens (tertiary/aromatic N) is 1. The number of aromatic nitrogens is 1. The number of hydrogen-bond acceptors (Lipinski definition) is 10. The van der Waals surface area contributed by atoms with E-state index in [0.717, 1.165) is 29.6 Å². The molecule has 0 bridgehead atoms. The molecule has 0 amide bonds. The van der Waals surface area contributed by atoms with Crippen molar-refractivity contribution in [2.24, 2.45) is 0 Å². The minimum atomic E-state index is -1.79. The highest BCUT2D eigenvalue weighted by Crippen LogP contribution is 2.42. The molecule has 2 atom stereocenters. The Morgan fingerprint density at radius 1 is 1.22 bits per heavy atom. The normalized spacial score (nSPS) is 22.3. The fraction of sp³-hybridized carbons (Fsp3) is 0.414. The van der Waals surface area contributed by atoms with Gasteiger partial charge in [0.05, 0.1) is 24.4 Å². The van der Waals surface area contributed by atoms with Gasteiger partial charge in [0.2, 0.25) is 11.4 Å². The number of aliphatic hydroxyl groups excluding tert-OH is 1. The number of hydrogen-bond donors (Lipinski definition) is 1. The summed E-state index contributed by atoms with van der Waals surface area (Å²) in [6, 6.07) is 10.0. The number of esters is 1. The molecule has 0 saturated heterocycles. The van der Waals surface area contributed by atoms with E-state index in [1.165, 1.54) is 27.2 Å². The Hall–Kier alpha value is -2.70. The second kappa shape index (κ2) is 13.1. The minimum absolute atomic E-state index is 0.0482. The van der Waals surface area contributed by atoms with Gasteiger partial charge >= 0.3 is 12.1 Å².